The Kier molecular flexibility index (Phi) is 5.54. The Morgan fingerprint density at radius 1 is 1.25 bits per heavy atom. The van der Waals surface area contributed by atoms with Crippen LogP contribution in [0.2, 0.25) is 0 Å². The smallest absolute Gasteiger partial charge is 0.0207 e. The van der Waals surface area contributed by atoms with Gasteiger partial charge in [0.15, 0.2) is 0 Å². The molecule has 0 radical (unpaired) electrons. The number of benzene rings is 1. The van der Waals surface area contributed by atoms with Gasteiger partial charge < -0.3 is 5.32 Å². The van der Waals surface area contributed by atoms with Gasteiger partial charge in [-0.3, -0.25) is 0 Å². The van der Waals surface area contributed by atoms with E-state index >= 15 is 0 Å². The Bertz CT molecular complexity index is 315. The van der Waals surface area contributed by atoms with Gasteiger partial charge in [0, 0.05) is 12.6 Å². The average molecular weight is 219 g/mol. The van der Waals surface area contributed by atoms with E-state index in [1.807, 2.05) is 0 Å². The second-order valence-corrected chi connectivity index (χ2v) is 4.90. The minimum atomic E-state index is 0.556. The normalized spacial score (nSPS) is 11.1. The zero-order valence-electron chi connectivity index (χ0n) is 11.1. The highest BCUT2D eigenvalue weighted by atomic mass is 14.9. The summed E-state index contributed by atoms with van der Waals surface area (Å²) in [5.41, 5.74) is 4.35. The third-order valence-corrected chi connectivity index (χ3v) is 2.92. The first-order valence-corrected chi connectivity index (χ1v) is 6.45. The fraction of sp³-hybridized carbons (Fsp3) is 0.600. The zero-order chi connectivity index (χ0) is 12.0. The van der Waals surface area contributed by atoms with Crippen molar-refractivity contribution in [2.24, 2.45) is 0 Å². The van der Waals surface area contributed by atoms with Crippen LogP contribution in [-0.2, 0) is 13.0 Å². The van der Waals surface area contributed by atoms with Crippen LogP contribution in [0.4, 0.5) is 0 Å². The highest BCUT2D eigenvalue weighted by molar-refractivity contribution is 5.31. The van der Waals surface area contributed by atoms with Crippen LogP contribution in [-0.4, -0.2) is 6.04 Å². The molecule has 1 aromatic rings. The highest BCUT2D eigenvalue weighted by Gasteiger charge is 2.00. The number of unbranched alkanes of at least 4 members (excludes halogenated alkanes) is 1. The molecule has 0 amide bonds. The average Bonchev–Trinajstić information content (AvgIpc) is 2.25. The molecule has 0 aliphatic heterocycles. The Balaban J connectivity index is 2.59. The standard InChI is InChI=1S/C15H25N/c1-5-6-7-15-9-8-14(10-13(15)4)11-16-12(2)3/h8-10,12,16H,5-7,11H2,1-4H3. The van der Waals surface area contributed by atoms with Gasteiger partial charge in [-0.05, 0) is 36.5 Å². The summed E-state index contributed by atoms with van der Waals surface area (Å²) < 4.78 is 0. The number of hydrogen-bond acceptors (Lipinski definition) is 1. The van der Waals surface area contributed by atoms with Crippen molar-refractivity contribution in [2.45, 2.75) is 59.5 Å². The van der Waals surface area contributed by atoms with Crippen LogP contribution in [0.5, 0.6) is 0 Å². The van der Waals surface area contributed by atoms with E-state index in [0.29, 0.717) is 6.04 Å². The predicted molar refractivity (Wildman–Crippen MR) is 71.8 cm³/mol. The molecule has 1 rings (SSSR count). The van der Waals surface area contributed by atoms with Gasteiger partial charge in [-0.1, -0.05) is 45.4 Å². The van der Waals surface area contributed by atoms with Crippen molar-refractivity contribution in [2.75, 3.05) is 0 Å². The number of nitrogens with one attached hydrogen (secondary N) is 1. The quantitative estimate of drug-likeness (QED) is 0.766. The highest BCUT2D eigenvalue weighted by Crippen LogP contribution is 2.14. The molecule has 0 atom stereocenters. The molecule has 1 N–H and O–H groups in total. The summed E-state index contributed by atoms with van der Waals surface area (Å²) in [4.78, 5) is 0. The van der Waals surface area contributed by atoms with E-state index in [4.69, 9.17) is 0 Å². The lowest BCUT2D eigenvalue weighted by atomic mass is 10.0. The molecule has 0 saturated heterocycles. The van der Waals surface area contributed by atoms with Gasteiger partial charge in [-0.25, -0.2) is 0 Å². The summed E-state index contributed by atoms with van der Waals surface area (Å²) in [6.45, 7) is 9.82. The fourth-order valence-corrected chi connectivity index (χ4v) is 1.84. The van der Waals surface area contributed by atoms with E-state index in [1.165, 1.54) is 36.0 Å². The Labute approximate surface area is 100 Å². The van der Waals surface area contributed by atoms with E-state index in [9.17, 15) is 0 Å². The number of rotatable bonds is 6. The van der Waals surface area contributed by atoms with Gasteiger partial charge in [0.25, 0.3) is 0 Å². The molecule has 16 heavy (non-hydrogen) atoms. The number of hydrogen-bond donors (Lipinski definition) is 1. The van der Waals surface area contributed by atoms with Gasteiger partial charge in [0.1, 0.15) is 0 Å². The van der Waals surface area contributed by atoms with Crippen LogP contribution in [0.1, 0.15) is 50.3 Å². The first-order chi connectivity index (χ1) is 7.63. The largest absolute Gasteiger partial charge is 0.310 e. The molecule has 0 fully saturated rings. The molecule has 0 aromatic heterocycles. The van der Waals surface area contributed by atoms with Crippen molar-refractivity contribution in [1.82, 2.24) is 5.32 Å². The van der Waals surface area contributed by atoms with Gasteiger partial charge >= 0.3 is 0 Å². The van der Waals surface area contributed by atoms with Crippen LogP contribution in [0.15, 0.2) is 18.2 Å². The third-order valence-electron chi connectivity index (χ3n) is 2.92. The summed E-state index contributed by atoms with van der Waals surface area (Å²) in [7, 11) is 0. The second-order valence-electron chi connectivity index (χ2n) is 4.90. The Morgan fingerprint density at radius 3 is 2.56 bits per heavy atom. The molecule has 1 heteroatoms. The molecule has 1 nitrogen and oxygen atoms in total. The van der Waals surface area contributed by atoms with Gasteiger partial charge in [-0.15, -0.1) is 0 Å². The van der Waals surface area contributed by atoms with E-state index in [-0.39, 0.29) is 0 Å². The summed E-state index contributed by atoms with van der Waals surface area (Å²) in [6, 6.07) is 7.43. The van der Waals surface area contributed by atoms with Crippen molar-refractivity contribution in [3.8, 4) is 0 Å². The van der Waals surface area contributed by atoms with Gasteiger partial charge in [0.2, 0.25) is 0 Å². The molecule has 90 valence electrons. The van der Waals surface area contributed by atoms with E-state index in [0.717, 1.165) is 6.54 Å². The molecule has 0 unspecified atom stereocenters. The van der Waals surface area contributed by atoms with Crippen LogP contribution in [0.3, 0.4) is 0 Å². The first-order valence-electron chi connectivity index (χ1n) is 6.45. The topological polar surface area (TPSA) is 12.0 Å². The first kappa shape index (κ1) is 13.2. The summed E-state index contributed by atoms with van der Waals surface area (Å²) in [6.07, 6.45) is 3.79. The molecule has 0 spiro atoms. The summed E-state index contributed by atoms with van der Waals surface area (Å²) in [5.74, 6) is 0. The third kappa shape index (κ3) is 4.36. The maximum Gasteiger partial charge on any atom is 0.0207 e. The zero-order valence-corrected chi connectivity index (χ0v) is 11.1. The lowest BCUT2D eigenvalue weighted by Gasteiger charge is -2.11. The van der Waals surface area contributed by atoms with Crippen LogP contribution >= 0.6 is 0 Å². The molecule has 0 aliphatic rings. The van der Waals surface area contributed by atoms with Crippen LogP contribution in [0.25, 0.3) is 0 Å². The minimum Gasteiger partial charge on any atom is -0.310 e. The van der Waals surface area contributed by atoms with Gasteiger partial charge in [-0.2, -0.15) is 0 Å². The SMILES string of the molecule is CCCCc1ccc(CNC(C)C)cc1C. The van der Waals surface area contributed by atoms with Crippen molar-refractivity contribution in [3.63, 3.8) is 0 Å². The fourth-order valence-electron chi connectivity index (χ4n) is 1.84. The van der Waals surface area contributed by atoms with Crippen molar-refractivity contribution in [3.05, 3.63) is 34.9 Å². The van der Waals surface area contributed by atoms with Crippen LogP contribution < -0.4 is 5.32 Å². The summed E-state index contributed by atoms with van der Waals surface area (Å²) in [5, 5.41) is 3.45. The monoisotopic (exact) mass is 219 g/mol. The Morgan fingerprint density at radius 2 is 2.00 bits per heavy atom. The Hall–Kier alpha value is -0.820. The second kappa shape index (κ2) is 6.70. The van der Waals surface area contributed by atoms with E-state index in [2.05, 4.69) is 51.2 Å². The molecular weight excluding hydrogens is 194 g/mol. The van der Waals surface area contributed by atoms with E-state index in [1.54, 1.807) is 0 Å². The van der Waals surface area contributed by atoms with Gasteiger partial charge in [0.05, 0.1) is 0 Å². The maximum atomic E-state index is 3.45. The molecular formula is C15H25N. The maximum absolute atomic E-state index is 3.45. The van der Waals surface area contributed by atoms with Crippen molar-refractivity contribution >= 4 is 0 Å². The van der Waals surface area contributed by atoms with Crippen molar-refractivity contribution < 1.29 is 0 Å². The lowest BCUT2D eigenvalue weighted by molar-refractivity contribution is 0.588. The minimum absolute atomic E-state index is 0.556. The van der Waals surface area contributed by atoms with Crippen molar-refractivity contribution in [1.29, 1.82) is 0 Å². The lowest BCUT2D eigenvalue weighted by Crippen LogP contribution is -2.21. The predicted octanol–water partition coefficient (Wildman–Crippen LogP) is 3.84. The molecule has 0 saturated carbocycles. The number of aryl methyl sites for hydroxylation is 2. The molecule has 0 bridgehead atoms. The molecule has 0 heterocycles. The van der Waals surface area contributed by atoms with E-state index < -0.39 is 0 Å². The molecule has 0 aliphatic carbocycles. The van der Waals surface area contributed by atoms with Crippen LogP contribution in [0, 0.1) is 6.92 Å². The molecule has 1 aromatic carbocycles. The summed E-state index contributed by atoms with van der Waals surface area (Å²) >= 11 is 0.